The Hall–Kier alpha value is -4.06. The Labute approximate surface area is 216 Å². The lowest BCUT2D eigenvalue weighted by Gasteiger charge is -2.51. The lowest BCUT2D eigenvalue weighted by atomic mass is 9.76. The van der Waals surface area contributed by atoms with Gasteiger partial charge in [0.1, 0.15) is 5.75 Å². The van der Waals surface area contributed by atoms with Crippen molar-refractivity contribution in [2.45, 2.75) is 31.2 Å². The van der Waals surface area contributed by atoms with Crippen LogP contribution in [-0.2, 0) is 21.5 Å². The maximum Gasteiger partial charge on any atom is 0.254 e. The fraction of sp³-hybridized carbons (Fsp3) is 0.290. The third-order valence-electron chi connectivity index (χ3n) is 8.07. The molecule has 2 amide bonds. The fourth-order valence-corrected chi connectivity index (χ4v) is 6.11. The van der Waals surface area contributed by atoms with Crippen LogP contribution in [-0.4, -0.2) is 53.3 Å². The second-order valence-corrected chi connectivity index (χ2v) is 10.2. The summed E-state index contributed by atoms with van der Waals surface area (Å²) in [6.45, 7) is 3.05. The number of para-hydroxylation sites is 1. The molecule has 4 aromatic rings. The van der Waals surface area contributed by atoms with E-state index in [0.29, 0.717) is 13.1 Å². The summed E-state index contributed by atoms with van der Waals surface area (Å²) in [5.74, 6) is 0.719. The van der Waals surface area contributed by atoms with Crippen molar-refractivity contribution in [3.63, 3.8) is 0 Å². The lowest BCUT2D eigenvalue weighted by molar-refractivity contribution is -0.166. The third kappa shape index (κ3) is 3.79. The molecule has 0 saturated carbocycles. The number of H-pyrrole nitrogens is 1. The molecule has 188 valence electrons. The van der Waals surface area contributed by atoms with Gasteiger partial charge in [-0.1, -0.05) is 60.7 Å². The minimum absolute atomic E-state index is 0.00960. The highest BCUT2D eigenvalue weighted by Gasteiger charge is 2.56. The van der Waals surface area contributed by atoms with Crippen LogP contribution in [0.25, 0.3) is 10.9 Å². The molecule has 2 atom stereocenters. The van der Waals surface area contributed by atoms with Gasteiger partial charge in [0, 0.05) is 29.9 Å². The molecule has 2 unspecified atom stereocenters. The van der Waals surface area contributed by atoms with Crippen molar-refractivity contribution < 1.29 is 14.3 Å². The number of piperazine rings is 1. The van der Waals surface area contributed by atoms with Crippen LogP contribution >= 0.6 is 0 Å². The number of aryl methyl sites for hydroxylation is 1. The molecule has 0 aliphatic carbocycles. The number of rotatable bonds is 6. The van der Waals surface area contributed by atoms with Crippen LogP contribution < -0.4 is 4.74 Å². The number of carbonyl (C=O) groups is 2. The highest BCUT2D eigenvalue weighted by atomic mass is 16.5. The summed E-state index contributed by atoms with van der Waals surface area (Å²) >= 11 is 0. The molecular weight excluding hydrogens is 462 g/mol. The Bertz CT molecular complexity index is 1460. The molecule has 0 bridgehead atoms. The molecule has 0 spiro atoms. The van der Waals surface area contributed by atoms with Gasteiger partial charge >= 0.3 is 0 Å². The fourth-order valence-electron chi connectivity index (χ4n) is 6.11. The number of hydrogen-bond donors (Lipinski definition) is 1. The maximum absolute atomic E-state index is 14.1. The van der Waals surface area contributed by atoms with Crippen molar-refractivity contribution in [1.82, 2.24) is 14.8 Å². The van der Waals surface area contributed by atoms with Crippen LogP contribution in [0.5, 0.6) is 5.75 Å². The zero-order valence-corrected chi connectivity index (χ0v) is 21.2. The zero-order chi connectivity index (χ0) is 25.6. The van der Waals surface area contributed by atoms with E-state index in [0.717, 1.165) is 46.3 Å². The Balaban J connectivity index is 1.39. The highest BCUT2D eigenvalue weighted by Crippen LogP contribution is 2.48. The number of aromatic nitrogens is 1. The number of carbonyl (C=O) groups excluding carboxylic acids is 2. The predicted molar refractivity (Wildman–Crippen MR) is 144 cm³/mol. The van der Waals surface area contributed by atoms with E-state index in [2.05, 4.69) is 35.3 Å². The lowest BCUT2D eigenvalue weighted by Crippen LogP contribution is -2.67. The van der Waals surface area contributed by atoms with Crippen molar-refractivity contribution in [2.24, 2.45) is 0 Å². The molecular formula is C31H31N3O3. The van der Waals surface area contributed by atoms with Crippen molar-refractivity contribution in [1.29, 1.82) is 0 Å². The molecule has 1 aromatic heterocycles. The number of aromatic amines is 1. The van der Waals surface area contributed by atoms with Gasteiger partial charge < -0.3 is 19.5 Å². The van der Waals surface area contributed by atoms with E-state index in [1.807, 2.05) is 55.5 Å². The molecule has 6 rings (SSSR count). The number of amides is 2. The van der Waals surface area contributed by atoms with Crippen LogP contribution in [0.15, 0.2) is 78.9 Å². The number of ether oxygens (including phenoxy) is 1. The van der Waals surface area contributed by atoms with Crippen LogP contribution in [0.2, 0.25) is 0 Å². The quantitative estimate of drug-likeness (QED) is 0.418. The second-order valence-electron chi connectivity index (χ2n) is 10.2. The summed E-state index contributed by atoms with van der Waals surface area (Å²) < 4.78 is 5.37. The van der Waals surface area contributed by atoms with Gasteiger partial charge in [0.15, 0.2) is 5.54 Å². The summed E-state index contributed by atoms with van der Waals surface area (Å²) in [5.41, 5.74) is 4.18. The van der Waals surface area contributed by atoms with E-state index in [1.165, 1.54) is 5.56 Å². The van der Waals surface area contributed by atoms with E-state index in [-0.39, 0.29) is 24.3 Å². The number of hydrogen-bond acceptors (Lipinski definition) is 3. The summed E-state index contributed by atoms with van der Waals surface area (Å²) in [5, 5.41) is 1.10. The van der Waals surface area contributed by atoms with Crippen molar-refractivity contribution in [3.8, 4) is 5.75 Å². The Morgan fingerprint density at radius 3 is 2.46 bits per heavy atom. The first kappa shape index (κ1) is 23.3. The summed E-state index contributed by atoms with van der Waals surface area (Å²) in [7, 11) is 1.66. The molecule has 2 aliphatic rings. The normalized spacial score (nSPS) is 21.2. The standard InChI is InChI=1S/C31H31N3O3/c1-31-29-28(24-12-6-7-13-26(24)32-29)25(22-14-16-23(37-2)17-15-22)19-34(31)27(35)20-33(30(31)36)18-8-11-21-9-4-3-5-10-21/h3-7,9-10,12-17,25,32H,8,11,18-20H2,1-2H3. The first-order chi connectivity index (χ1) is 18.0. The summed E-state index contributed by atoms with van der Waals surface area (Å²) in [4.78, 5) is 34.9. The monoisotopic (exact) mass is 493 g/mol. The van der Waals surface area contributed by atoms with E-state index >= 15 is 0 Å². The molecule has 1 N–H and O–H groups in total. The molecule has 6 heteroatoms. The minimum atomic E-state index is -1.07. The van der Waals surface area contributed by atoms with E-state index in [1.54, 1.807) is 16.9 Å². The molecule has 1 fully saturated rings. The minimum Gasteiger partial charge on any atom is -0.497 e. The van der Waals surface area contributed by atoms with Gasteiger partial charge in [-0.05, 0) is 54.7 Å². The van der Waals surface area contributed by atoms with Crippen LogP contribution in [0, 0.1) is 0 Å². The number of methoxy groups -OCH3 is 1. The Morgan fingerprint density at radius 1 is 0.973 bits per heavy atom. The van der Waals surface area contributed by atoms with Gasteiger partial charge in [0.05, 0.1) is 19.3 Å². The maximum atomic E-state index is 14.1. The first-order valence-corrected chi connectivity index (χ1v) is 12.9. The van der Waals surface area contributed by atoms with Crippen molar-refractivity contribution >= 4 is 22.7 Å². The van der Waals surface area contributed by atoms with Gasteiger partial charge in [-0.2, -0.15) is 0 Å². The highest BCUT2D eigenvalue weighted by molar-refractivity contribution is 6.01. The average Bonchev–Trinajstić information content (AvgIpc) is 3.33. The van der Waals surface area contributed by atoms with E-state index in [4.69, 9.17) is 4.74 Å². The number of nitrogens with zero attached hydrogens (tertiary/aromatic N) is 2. The van der Waals surface area contributed by atoms with Gasteiger partial charge in [-0.15, -0.1) is 0 Å². The van der Waals surface area contributed by atoms with Crippen molar-refractivity contribution in [2.75, 3.05) is 26.7 Å². The number of fused-ring (bicyclic) bond motifs is 5. The van der Waals surface area contributed by atoms with Gasteiger partial charge in [-0.25, -0.2) is 0 Å². The van der Waals surface area contributed by atoms with Gasteiger partial charge in [-0.3, -0.25) is 9.59 Å². The summed E-state index contributed by atoms with van der Waals surface area (Å²) in [6, 6.07) is 26.5. The molecule has 1 saturated heterocycles. The Kier molecular flexibility index (Phi) is 5.75. The molecule has 0 radical (unpaired) electrons. The third-order valence-corrected chi connectivity index (χ3v) is 8.07. The summed E-state index contributed by atoms with van der Waals surface area (Å²) in [6.07, 6.45) is 1.68. The van der Waals surface area contributed by atoms with Gasteiger partial charge in [0.2, 0.25) is 5.91 Å². The molecule has 3 aromatic carbocycles. The molecule has 37 heavy (non-hydrogen) atoms. The molecule has 3 heterocycles. The molecule has 2 aliphatic heterocycles. The van der Waals surface area contributed by atoms with Gasteiger partial charge in [0.25, 0.3) is 5.91 Å². The zero-order valence-electron chi connectivity index (χ0n) is 21.2. The smallest absolute Gasteiger partial charge is 0.254 e. The predicted octanol–water partition coefficient (Wildman–Crippen LogP) is 4.84. The van der Waals surface area contributed by atoms with Crippen molar-refractivity contribution in [3.05, 3.63) is 101 Å². The van der Waals surface area contributed by atoms with E-state index in [9.17, 15) is 9.59 Å². The topological polar surface area (TPSA) is 65.6 Å². The largest absolute Gasteiger partial charge is 0.497 e. The van der Waals surface area contributed by atoms with Crippen LogP contribution in [0.1, 0.15) is 41.6 Å². The SMILES string of the molecule is COc1ccc(C2CN3C(=O)CN(CCCc4ccccc4)C(=O)C3(C)c3[nH]c4ccccc4c32)cc1. The number of nitrogens with one attached hydrogen (secondary N) is 1. The Morgan fingerprint density at radius 2 is 1.70 bits per heavy atom. The number of benzene rings is 3. The average molecular weight is 494 g/mol. The second kappa shape index (κ2) is 9.11. The van der Waals surface area contributed by atoms with Crippen LogP contribution in [0.3, 0.4) is 0 Å². The first-order valence-electron chi connectivity index (χ1n) is 12.9. The van der Waals surface area contributed by atoms with E-state index < -0.39 is 5.54 Å². The van der Waals surface area contributed by atoms with Crippen LogP contribution in [0.4, 0.5) is 0 Å². The molecule has 6 nitrogen and oxygen atoms in total.